The molecule has 3 aromatic rings. The summed E-state index contributed by atoms with van der Waals surface area (Å²) in [4.78, 5) is 19.4. The van der Waals surface area contributed by atoms with Crippen molar-refractivity contribution in [1.29, 1.82) is 0 Å². The van der Waals surface area contributed by atoms with Crippen LogP contribution in [0.1, 0.15) is 34.9 Å². The van der Waals surface area contributed by atoms with Crippen LogP contribution in [0.3, 0.4) is 0 Å². The summed E-state index contributed by atoms with van der Waals surface area (Å²) in [7, 11) is 0. The Morgan fingerprint density at radius 3 is 2.92 bits per heavy atom. The molecule has 6 nitrogen and oxygen atoms in total. The second kappa shape index (κ2) is 6.55. The Labute approximate surface area is 146 Å². The largest absolute Gasteiger partial charge is 0.463 e. The molecule has 1 atom stereocenters. The zero-order valence-corrected chi connectivity index (χ0v) is 14.1. The van der Waals surface area contributed by atoms with Gasteiger partial charge < -0.3 is 9.32 Å². The molecule has 0 aliphatic carbocycles. The van der Waals surface area contributed by atoms with Gasteiger partial charge in [-0.05, 0) is 50.1 Å². The van der Waals surface area contributed by atoms with Gasteiger partial charge in [-0.15, -0.1) is 0 Å². The standard InChI is InChI=1S/C19H20N4O2/c1-14-16(7-8-17(21-14)18-6-3-12-25-18)19(24)22-10-2-5-15(13-22)23-11-4-9-20-23/h3-4,6-9,11-12,15H,2,5,10,13H2,1H3/t15-/m1/s1. The Morgan fingerprint density at radius 1 is 1.28 bits per heavy atom. The van der Waals surface area contributed by atoms with E-state index < -0.39 is 0 Å². The first-order valence-corrected chi connectivity index (χ1v) is 8.52. The molecule has 1 saturated heterocycles. The molecule has 0 spiro atoms. The molecule has 0 radical (unpaired) electrons. The van der Waals surface area contributed by atoms with E-state index in [0.717, 1.165) is 30.8 Å². The van der Waals surface area contributed by atoms with Crippen molar-refractivity contribution in [3.8, 4) is 11.5 Å². The van der Waals surface area contributed by atoms with Crippen molar-refractivity contribution >= 4 is 5.91 Å². The molecule has 0 saturated carbocycles. The number of hydrogen-bond acceptors (Lipinski definition) is 4. The molecule has 4 rings (SSSR count). The number of hydrogen-bond donors (Lipinski definition) is 0. The third-order valence-corrected chi connectivity index (χ3v) is 4.67. The van der Waals surface area contributed by atoms with Gasteiger partial charge in [-0.25, -0.2) is 4.98 Å². The van der Waals surface area contributed by atoms with Gasteiger partial charge in [0, 0.05) is 25.5 Å². The molecular weight excluding hydrogens is 316 g/mol. The summed E-state index contributed by atoms with van der Waals surface area (Å²) in [6, 6.07) is 9.54. The lowest BCUT2D eigenvalue weighted by atomic mass is 10.0. The highest BCUT2D eigenvalue weighted by Crippen LogP contribution is 2.24. The summed E-state index contributed by atoms with van der Waals surface area (Å²) in [6.07, 6.45) is 7.38. The van der Waals surface area contributed by atoms with E-state index in [2.05, 4.69) is 10.1 Å². The highest BCUT2D eigenvalue weighted by atomic mass is 16.3. The minimum absolute atomic E-state index is 0.0350. The molecule has 6 heteroatoms. The van der Waals surface area contributed by atoms with E-state index in [9.17, 15) is 4.79 Å². The molecule has 1 aliphatic heterocycles. The zero-order valence-electron chi connectivity index (χ0n) is 14.1. The first-order chi connectivity index (χ1) is 12.2. The second-order valence-electron chi connectivity index (χ2n) is 6.34. The van der Waals surface area contributed by atoms with Crippen molar-refractivity contribution in [3.05, 3.63) is 60.2 Å². The smallest absolute Gasteiger partial charge is 0.255 e. The van der Waals surface area contributed by atoms with Crippen LogP contribution in [0.2, 0.25) is 0 Å². The average molecular weight is 336 g/mol. The SMILES string of the molecule is Cc1nc(-c2ccco2)ccc1C(=O)N1CCC[C@@H](n2cccn2)C1. The Morgan fingerprint density at radius 2 is 2.20 bits per heavy atom. The van der Waals surface area contributed by atoms with Crippen molar-refractivity contribution in [2.45, 2.75) is 25.8 Å². The Hall–Kier alpha value is -2.89. The van der Waals surface area contributed by atoms with Crippen molar-refractivity contribution in [2.24, 2.45) is 0 Å². The van der Waals surface area contributed by atoms with E-state index in [1.807, 2.05) is 53.0 Å². The van der Waals surface area contributed by atoms with Gasteiger partial charge >= 0.3 is 0 Å². The maximum atomic E-state index is 13.0. The Kier molecular flexibility index (Phi) is 4.09. The minimum Gasteiger partial charge on any atom is -0.463 e. The van der Waals surface area contributed by atoms with E-state index in [1.54, 1.807) is 12.5 Å². The molecular formula is C19H20N4O2. The number of pyridine rings is 1. The van der Waals surface area contributed by atoms with Gasteiger partial charge in [-0.3, -0.25) is 9.48 Å². The van der Waals surface area contributed by atoms with Gasteiger partial charge in [0.05, 0.1) is 23.6 Å². The van der Waals surface area contributed by atoms with Gasteiger partial charge in [0.2, 0.25) is 0 Å². The molecule has 0 bridgehead atoms. The fourth-order valence-corrected chi connectivity index (χ4v) is 3.37. The summed E-state index contributed by atoms with van der Waals surface area (Å²) >= 11 is 0. The quantitative estimate of drug-likeness (QED) is 0.736. The van der Waals surface area contributed by atoms with Crippen LogP contribution >= 0.6 is 0 Å². The molecule has 1 aliphatic rings. The van der Waals surface area contributed by atoms with Crippen LogP contribution in [0, 0.1) is 6.92 Å². The molecule has 0 N–H and O–H groups in total. The Bertz CT molecular complexity index is 856. The third-order valence-electron chi connectivity index (χ3n) is 4.67. The first-order valence-electron chi connectivity index (χ1n) is 8.52. The predicted octanol–water partition coefficient (Wildman–Crippen LogP) is 3.32. The van der Waals surface area contributed by atoms with Crippen molar-refractivity contribution in [1.82, 2.24) is 19.7 Å². The van der Waals surface area contributed by atoms with Gasteiger partial charge in [0.15, 0.2) is 5.76 Å². The zero-order chi connectivity index (χ0) is 17.2. The van der Waals surface area contributed by atoms with Crippen molar-refractivity contribution < 1.29 is 9.21 Å². The van der Waals surface area contributed by atoms with Crippen LogP contribution in [0.5, 0.6) is 0 Å². The number of carbonyl (C=O) groups excluding carboxylic acids is 1. The highest BCUT2D eigenvalue weighted by molar-refractivity contribution is 5.95. The summed E-state index contributed by atoms with van der Waals surface area (Å²) in [5.41, 5.74) is 2.11. The monoisotopic (exact) mass is 336 g/mol. The number of carbonyl (C=O) groups is 1. The normalized spacial score (nSPS) is 17.6. The van der Waals surface area contributed by atoms with Gasteiger partial charge in [0.25, 0.3) is 5.91 Å². The summed E-state index contributed by atoms with van der Waals surface area (Å²) in [5.74, 6) is 0.742. The van der Waals surface area contributed by atoms with Crippen molar-refractivity contribution in [3.63, 3.8) is 0 Å². The molecule has 4 heterocycles. The van der Waals surface area contributed by atoms with Crippen LogP contribution in [0.4, 0.5) is 0 Å². The maximum Gasteiger partial charge on any atom is 0.255 e. The lowest BCUT2D eigenvalue weighted by Crippen LogP contribution is -2.41. The number of piperidine rings is 1. The lowest BCUT2D eigenvalue weighted by molar-refractivity contribution is 0.0671. The summed E-state index contributed by atoms with van der Waals surface area (Å²) in [5, 5.41) is 4.32. The Balaban J connectivity index is 1.54. The van der Waals surface area contributed by atoms with E-state index in [-0.39, 0.29) is 11.9 Å². The molecule has 3 aromatic heterocycles. The maximum absolute atomic E-state index is 13.0. The highest BCUT2D eigenvalue weighted by Gasteiger charge is 2.26. The molecule has 128 valence electrons. The average Bonchev–Trinajstić information content (AvgIpc) is 3.35. The number of likely N-dealkylation sites (tertiary alicyclic amines) is 1. The topological polar surface area (TPSA) is 64.2 Å². The predicted molar refractivity (Wildman–Crippen MR) is 93.1 cm³/mol. The van der Waals surface area contributed by atoms with E-state index in [1.165, 1.54) is 0 Å². The van der Waals surface area contributed by atoms with Crippen LogP contribution in [0.15, 0.2) is 53.4 Å². The van der Waals surface area contributed by atoms with E-state index >= 15 is 0 Å². The van der Waals surface area contributed by atoms with Crippen molar-refractivity contribution in [2.75, 3.05) is 13.1 Å². The van der Waals surface area contributed by atoms with Crippen LogP contribution in [0.25, 0.3) is 11.5 Å². The van der Waals surface area contributed by atoms with Crippen LogP contribution < -0.4 is 0 Å². The number of aryl methyl sites for hydroxylation is 1. The van der Waals surface area contributed by atoms with Gasteiger partial charge in [-0.1, -0.05) is 0 Å². The fourth-order valence-electron chi connectivity index (χ4n) is 3.37. The minimum atomic E-state index is 0.0350. The lowest BCUT2D eigenvalue weighted by Gasteiger charge is -2.33. The number of nitrogens with zero attached hydrogens (tertiary/aromatic N) is 4. The molecule has 1 fully saturated rings. The molecule has 0 unspecified atom stereocenters. The summed E-state index contributed by atoms with van der Waals surface area (Å²) < 4.78 is 7.33. The second-order valence-corrected chi connectivity index (χ2v) is 6.34. The third kappa shape index (κ3) is 3.07. The number of furan rings is 1. The molecule has 0 aromatic carbocycles. The van der Waals surface area contributed by atoms with Gasteiger partial charge in [-0.2, -0.15) is 5.10 Å². The first kappa shape index (κ1) is 15.6. The number of rotatable bonds is 3. The number of amides is 1. The molecule has 25 heavy (non-hydrogen) atoms. The van der Waals surface area contributed by atoms with E-state index in [0.29, 0.717) is 17.9 Å². The fraction of sp³-hybridized carbons (Fsp3) is 0.316. The molecule has 1 amide bonds. The van der Waals surface area contributed by atoms with Gasteiger partial charge in [0.1, 0.15) is 5.69 Å². The van der Waals surface area contributed by atoms with E-state index in [4.69, 9.17) is 4.42 Å². The van der Waals surface area contributed by atoms with Crippen LogP contribution in [-0.2, 0) is 0 Å². The summed E-state index contributed by atoms with van der Waals surface area (Å²) in [6.45, 7) is 3.32. The number of aromatic nitrogens is 3. The van der Waals surface area contributed by atoms with Crippen LogP contribution in [-0.4, -0.2) is 38.7 Å².